The lowest BCUT2D eigenvalue weighted by Gasteiger charge is -2.23. The van der Waals surface area contributed by atoms with Gasteiger partial charge in [0.05, 0.1) is 0 Å². The lowest BCUT2D eigenvalue weighted by molar-refractivity contribution is -0.124. The van der Waals surface area contributed by atoms with Crippen molar-refractivity contribution in [3.05, 3.63) is 29.8 Å². The Morgan fingerprint density at radius 1 is 1.14 bits per heavy atom. The van der Waals surface area contributed by atoms with E-state index >= 15 is 0 Å². The summed E-state index contributed by atoms with van der Waals surface area (Å²) in [6, 6.07) is 7.25. The van der Waals surface area contributed by atoms with Crippen molar-refractivity contribution in [3.8, 4) is 0 Å². The zero-order valence-electron chi connectivity index (χ0n) is 12.1. The van der Waals surface area contributed by atoms with Crippen LogP contribution in [-0.2, 0) is 4.79 Å². The summed E-state index contributed by atoms with van der Waals surface area (Å²) in [5, 5.41) is 5.58. The van der Waals surface area contributed by atoms with Crippen LogP contribution in [0.2, 0.25) is 0 Å². The van der Waals surface area contributed by atoms with Crippen LogP contribution in [0.15, 0.2) is 24.3 Å². The predicted molar refractivity (Wildman–Crippen MR) is 81.4 cm³/mol. The van der Waals surface area contributed by atoms with Gasteiger partial charge >= 0.3 is 0 Å². The van der Waals surface area contributed by atoms with E-state index in [1.165, 1.54) is 18.5 Å². The molecule has 0 aliphatic carbocycles. The standard InChI is InChI=1S/C16H21N3O2/c20-15(18-14-4-3-9-17-16(14)21)12-5-7-13(8-6-12)19-10-1-2-11-19/h5-8,14H,1-4,9-11H2,(H,17,21)(H,18,20). The van der Waals surface area contributed by atoms with Gasteiger partial charge in [-0.3, -0.25) is 9.59 Å². The van der Waals surface area contributed by atoms with Gasteiger partial charge in [0.25, 0.3) is 5.91 Å². The Morgan fingerprint density at radius 2 is 1.86 bits per heavy atom. The molecule has 5 nitrogen and oxygen atoms in total. The molecule has 1 aromatic rings. The minimum absolute atomic E-state index is 0.0803. The first-order valence-electron chi connectivity index (χ1n) is 7.67. The smallest absolute Gasteiger partial charge is 0.251 e. The summed E-state index contributed by atoms with van der Waals surface area (Å²) < 4.78 is 0. The van der Waals surface area contributed by atoms with Crippen molar-refractivity contribution in [1.29, 1.82) is 0 Å². The fraction of sp³-hybridized carbons (Fsp3) is 0.500. The van der Waals surface area contributed by atoms with Crippen LogP contribution >= 0.6 is 0 Å². The fourth-order valence-corrected chi connectivity index (χ4v) is 2.95. The number of carbonyl (C=O) groups is 2. The molecular formula is C16H21N3O2. The van der Waals surface area contributed by atoms with Crippen LogP contribution in [0.3, 0.4) is 0 Å². The van der Waals surface area contributed by atoms with Gasteiger partial charge in [-0.1, -0.05) is 0 Å². The average Bonchev–Trinajstić information content (AvgIpc) is 3.04. The maximum Gasteiger partial charge on any atom is 0.251 e. The highest BCUT2D eigenvalue weighted by molar-refractivity contribution is 5.97. The third-order valence-electron chi connectivity index (χ3n) is 4.19. The predicted octanol–water partition coefficient (Wildman–Crippen LogP) is 1.30. The molecule has 5 heteroatoms. The summed E-state index contributed by atoms with van der Waals surface area (Å²) in [5.74, 6) is -0.256. The Balaban J connectivity index is 1.63. The molecular weight excluding hydrogens is 266 g/mol. The van der Waals surface area contributed by atoms with E-state index in [9.17, 15) is 9.59 Å². The maximum atomic E-state index is 12.2. The molecule has 0 aromatic heterocycles. The quantitative estimate of drug-likeness (QED) is 0.881. The van der Waals surface area contributed by atoms with Crippen molar-refractivity contribution in [2.75, 3.05) is 24.5 Å². The molecule has 2 saturated heterocycles. The highest BCUT2D eigenvalue weighted by atomic mass is 16.2. The number of amides is 2. The molecule has 2 aliphatic heterocycles. The minimum Gasteiger partial charge on any atom is -0.372 e. The molecule has 2 N–H and O–H groups in total. The van der Waals surface area contributed by atoms with E-state index in [1.54, 1.807) is 0 Å². The first-order valence-corrected chi connectivity index (χ1v) is 7.67. The number of anilines is 1. The number of rotatable bonds is 3. The van der Waals surface area contributed by atoms with Crippen LogP contribution < -0.4 is 15.5 Å². The monoisotopic (exact) mass is 287 g/mol. The molecule has 2 heterocycles. The highest BCUT2D eigenvalue weighted by Gasteiger charge is 2.24. The van der Waals surface area contributed by atoms with Gasteiger partial charge < -0.3 is 15.5 Å². The summed E-state index contributed by atoms with van der Waals surface area (Å²) in [7, 11) is 0. The summed E-state index contributed by atoms with van der Waals surface area (Å²) in [6.45, 7) is 2.89. The van der Waals surface area contributed by atoms with Crippen molar-refractivity contribution >= 4 is 17.5 Å². The number of hydrogen-bond donors (Lipinski definition) is 2. The van der Waals surface area contributed by atoms with E-state index in [0.29, 0.717) is 18.5 Å². The second kappa shape index (κ2) is 6.16. The molecule has 21 heavy (non-hydrogen) atoms. The van der Waals surface area contributed by atoms with Crippen molar-refractivity contribution in [3.63, 3.8) is 0 Å². The van der Waals surface area contributed by atoms with Crippen LogP contribution in [0.4, 0.5) is 5.69 Å². The van der Waals surface area contributed by atoms with Crippen molar-refractivity contribution < 1.29 is 9.59 Å². The van der Waals surface area contributed by atoms with Crippen molar-refractivity contribution in [1.82, 2.24) is 10.6 Å². The zero-order valence-corrected chi connectivity index (χ0v) is 12.1. The average molecular weight is 287 g/mol. The molecule has 2 amide bonds. The molecule has 3 rings (SSSR count). The van der Waals surface area contributed by atoms with Crippen LogP contribution in [0.1, 0.15) is 36.0 Å². The number of carbonyl (C=O) groups excluding carboxylic acids is 2. The van der Waals surface area contributed by atoms with Gasteiger partial charge in [0.2, 0.25) is 5.91 Å². The van der Waals surface area contributed by atoms with Gasteiger partial charge in [-0.25, -0.2) is 0 Å². The van der Waals surface area contributed by atoms with E-state index in [1.807, 2.05) is 24.3 Å². The van der Waals surface area contributed by atoms with Gasteiger partial charge in [0.1, 0.15) is 6.04 Å². The van der Waals surface area contributed by atoms with Gasteiger partial charge in [0, 0.05) is 30.9 Å². The Bertz CT molecular complexity index is 521. The first kappa shape index (κ1) is 13.9. The summed E-state index contributed by atoms with van der Waals surface area (Å²) in [6.07, 6.45) is 4.09. The second-order valence-electron chi connectivity index (χ2n) is 5.70. The van der Waals surface area contributed by atoms with Crippen LogP contribution in [0.5, 0.6) is 0 Å². The van der Waals surface area contributed by atoms with E-state index in [-0.39, 0.29) is 11.8 Å². The highest BCUT2D eigenvalue weighted by Crippen LogP contribution is 2.20. The number of nitrogens with zero attached hydrogens (tertiary/aromatic N) is 1. The molecule has 1 atom stereocenters. The Kier molecular flexibility index (Phi) is 4.08. The molecule has 1 aromatic carbocycles. The number of piperidine rings is 1. The molecule has 2 aliphatic rings. The SMILES string of the molecule is O=C(NC1CCCNC1=O)c1ccc(N2CCCC2)cc1. The van der Waals surface area contributed by atoms with Crippen LogP contribution in [-0.4, -0.2) is 37.5 Å². The van der Waals surface area contributed by atoms with Crippen LogP contribution in [0, 0.1) is 0 Å². The third kappa shape index (κ3) is 3.17. The van der Waals surface area contributed by atoms with E-state index in [2.05, 4.69) is 15.5 Å². The number of benzene rings is 1. The van der Waals surface area contributed by atoms with E-state index in [0.717, 1.165) is 19.5 Å². The molecule has 2 fully saturated rings. The minimum atomic E-state index is -0.399. The van der Waals surface area contributed by atoms with E-state index in [4.69, 9.17) is 0 Å². The lowest BCUT2D eigenvalue weighted by Crippen LogP contribution is -2.50. The Labute approximate surface area is 124 Å². The Morgan fingerprint density at radius 3 is 2.52 bits per heavy atom. The Hall–Kier alpha value is -2.04. The second-order valence-corrected chi connectivity index (χ2v) is 5.70. The topological polar surface area (TPSA) is 61.4 Å². The third-order valence-corrected chi connectivity index (χ3v) is 4.19. The van der Waals surface area contributed by atoms with E-state index < -0.39 is 6.04 Å². The number of hydrogen-bond acceptors (Lipinski definition) is 3. The summed E-state index contributed by atoms with van der Waals surface area (Å²) in [4.78, 5) is 26.2. The first-order chi connectivity index (χ1) is 10.2. The van der Waals surface area contributed by atoms with Gasteiger partial charge in [-0.05, 0) is 49.9 Å². The summed E-state index contributed by atoms with van der Waals surface area (Å²) in [5.41, 5.74) is 1.77. The molecule has 1 unspecified atom stereocenters. The van der Waals surface area contributed by atoms with Crippen molar-refractivity contribution in [2.24, 2.45) is 0 Å². The molecule has 0 bridgehead atoms. The van der Waals surface area contributed by atoms with Gasteiger partial charge in [-0.15, -0.1) is 0 Å². The summed E-state index contributed by atoms with van der Waals surface area (Å²) >= 11 is 0. The number of nitrogens with one attached hydrogen (secondary N) is 2. The molecule has 112 valence electrons. The fourth-order valence-electron chi connectivity index (χ4n) is 2.95. The molecule has 0 radical (unpaired) electrons. The van der Waals surface area contributed by atoms with Gasteiger partial charge in [0.15, 0.2) is 0 Å². The zero-order chi connectivity index (χ0) is 14.7. The molecule has 0 saturated carbocycles. The van der Waals surface area contributed by atoms with Gasteiger partial charge in [-0.2, -0.15) is 0 Å². The maximum absolute atomic E-state index is 12.2. The van der Waals surface area contributed by atoms with Crippen LogP contribution in [0.25, 0.3) is 0 Å². The normalized spacial score (nSPS) is 22.0. The largest absolute Gasteiger partial charge is 0.372 e. The van der Waals surface area contributed by atoms with Crippen molar-refractivity contribution in [2.45, 2.75) is 31.7 Å². The lowest BCUT2D eigenvalue weighted by atomic mass is 10.1. The molecule has 0 spiro atoms.